The van der Waals surface area contributed by atoms with Crippen LogP contribution in [0.25, 0.3) is 0 Å². The number of hydrogen-bond acceptors (Lipinski definition) is 40. The number of amides is 4. The molecule has 0 bridgehead atoms. The molecule has 0 radical (unpaired) electrons. The Morgan fingerprint density at radius 2 is 1.20 bits per heavy atom. The van der Waals surface area contributed by atoms with Crippen LogP contribution in [0.4, 0.5) is 0 Å². The molecule has 5 heterocycles. The minimum Gasteiger partial charge on any atom is -0.510 e. The molecule has 44 nitrogen and oxygen atoms in total. The third kappa shape index (κ3) is 20.6. The zero-order valence-corrected chi connectivity index (χ0v) is 59.5. The quantitative estimate of drug-likeness (QED) is 0.0202. The summed E-state index contributed by atoms with van der Waals surface area (Å²) in [4.78, 5) is 50.3. The van der Waals surface area contributed by atoms with Gasteiger partial charge < -0.3 is 200 Å². The molecule has 1 aliphatic carbocycles. The first kappa shape index (κ1) is 90.3. The van der Waals surface area contributed by atoms with Gasteiger partial charge in [0.15, 0.2) is 55.5 Å². The summed E-state index contributed by atoms with van der Waals surface area (Å²) in [6.45, 7) is -1.83. The molecular formula is C63H104N4O40. The van der Waals surface area contributed by atoms with Crippen molar-refractivity contribution >= 4 is 23.6 Å². The smallest absolute Gasteiger partial charge is 0.303 e. The molecule has 4 fully saturated rings. The zero-order chi connectivity index (χ0) is 80.2. The van der Waals surface area contributed by atoms with E-state index in [0.717, 1.165) is 48.7 Å². The Labute approximate surface area is 610 Å². The largest absolute Gasteiger partial charge is 0.510 e. The van der Waals surface area contributed by atoms with Gasteiger partial charge in [0.1, 0.15) is 131 Å². The second-order valence-corrected chi connectivity index (χ2v) is 26.8. The lowest BCUT2D eigenvalue weighted by atomic mass is 9.84. The highest BCUT2D eigenvalue weighted by Crippen LogP contribution is 2.54. The van der Waals surface area contributed by atoms with Crippen molar-refractivity contribution in [3.05, 3.63) is 46.1 Å². The average Bonchev–Trinajstić information content (AvgIpc) is 1.57. The number of hydrogen-bond donors (Lipinski definition) is 27. The fourth-order valence-corrected chi connectivity index (χ4v) is 13.0. The van der Waals surface area contributed by atoms with Gasteiger partial charge >= 0.3 is 5.95 Å². The summed E-state index contributed by atoms with van der Waals surface area (Å²) < 4.78 is 77.0. The summed E-state index contributed by atoms with van der Waals surface area (Å²) in [6, 6.07) is -1.98. The Balaban J connectivity index is 1.42. The molecule has 4 amide bonds. The monoisotopic (exact) mass is 1560 g/mol. The van der Waals surface area contributed by atoms with E-state index in [0.29, 0.717) is 0 Å². The van der Waals surface area contributed by atoms with E-state index in [1.165, 1.54) is 6.92 Å². The number of nitrogens with one attached hydrogen (secondary N) is 4. The van der Waals surface area contributed by atoms with Crippen molar-refractivity contribution in [1.29, 1.82) is 0 Å². The highest BCUT2D eigenvalue weighted by atomic mass is 16.8. The van der Waals surface area contributed by atoms with Crippen LogP contribution in [0.2, 0.25) is 0 Å². The molecule has 0 spiro atoms. The third-order valence-corrected chi connectivity index (χ3v) is 19.1. The average molecular weight is 1560 g/mol. The summed E-state index contributed by atoms with van der Waals surface area (Å²) in [5.74, 6) is -11.9. The predicted octanol–water partition coefficient (Wildman–Crippen LogP) is -11.3. The number of carbonyl (C=O) groups is 4. The molecular weight excluding hydrogens is 1450 g/mol. The van der Waals surface area contributed by atoms with Gasteiger partial charge in [-0.15, -0.1) is 0 Å². The van der Waals surface area contributed by atoms with Crippen LogP contribution in [0, 0.1) is 17.8 Å². The highest BCUT2D eigenvalue weighted by molar-refractivity contribution is 5.76. The maximum Gasteiger partial charge on any atom is 0.303 e. The van der Waals surface area contributed by atoms with Gasteiger partial charge in [0.05, 0.1) is 64.0 Å². The van der Waals surface area contributed by atoms with Gasteiger partial charge in [-0.05, 0) is 27.2 Å². The van der Waals surface area contributed by atoms with Crippen LogP contribution in [0.15, 0.2) is 46.1 Å². The Morgan fingerprint density at radius 3 is 1.74 bits per heavy atom. The third-order valence-electron chi connectivity index (χ3n) is 19.1. The van der Waals surface area contributed by atoms with E-state index in [1.54, 1.807) is 0 Å². The maximum absolute atomic E-state index is 13.0. The van der Waals surface area contributed by atoms with Gasteiger partial charge in [-0.3, -0.25) is 19.2 Å². The van der Waals surface area contributed by atoms with Crippen molar-refractivity contribution in [2.45, 2.75) is 232 Å². The Hall–Kier alpha value is -5.56. The van der Waals surface area contributed by atoms with E-state index in [-0.39, 0.29) is 17.9 Å². The molecule has 107 heavy (non-hydrogen) atoms. The molecule has 0 aromatic carbocycles. The molecule has 6 rings (SSSR count). The molecule has 3 saturated heterocycles. The lowest BCUT2D eigenvalue weighted by Gasteiger charge is -2.52. The molecule has 0 aromatic rings. The summed E-state index contributed by atoms with van der Waals surface area (Å²) >= 11 is 0. The highest BCUT2D eigenvalue weighted by Gasteiger charge is 2.71. The van der Waals surface area contributed by atoms with Crippen LogP contribution in [0.5, 0.6) is 0 Å². The molecule has 29 atom stereocenters. The van der Waals surface area contributed by atoms with Crippen LogP contribution in [-0.4, -0.2) is 379 Å². The van der Waals surface area contributed by atoms with Gasteiger partial charge in [-0.2, -0.15) is 0 Å². The molecule has 5 aliphatic heterocycles. The van der Waals surface area contributed by atoms with Crippen LogP contribution in [-0.2, 0) is 80.8 Å². The van der Waals surface area contributed by atoms with E-state index < -0.39 is 319 Å². The second kappa shape index (κ2) is 39.1. The number of methoxy groups -OCH3 is 1. The Kier molecular flexibility index (Phi) is 33.0. The van der Waals surface area contributed by atoms with Gasteiger partial charge in [0.2, 0.25) is 29.9 Å². The van der Waals surface area contributed by atoms with Gasteiger partial charge in [-0.25, -0.2) is 0 Å². The minimum atomic E-state index is -2.67. The summed E-state index contributed by atoms with van der Waals surface area (Å²) in [5.41, 5.74) is -9.35. The molecule has 616 valence electrons. The van der Waals surface area contributed by atoms with E-state index in [9.17, 15) is 137 Å². The van der Waals surface area contributed by atoms with E-state index in [4.69, 9.17) is 61.6 Å². The van der Waals surface area contributed by atoms with E-state index in [1.807, 2.05) is 0 Å². The number of ether oxygens (including phenoxy) is 13. The fraction of sp³-hybridized carbons (Fsp3) is 0.810. The molecule has 27 N–H and O–H groups in total. The first-order valence-corrected chi connectivity index (χ1v) is 33.8. The molecule has 18 unspecified atom stereocenters. The first-order chi connectivity index (χ1) is 50.3. The van der Waals surface area contributed by atoms with Crippen LogP contribution < -0.4 is 21.3 Å². The lowest BCUT2D eigenvalue weighted by molar-refractivity contribution is -0.375. The van der Waals surface area contributed by atoms with Crippen LogP contribution in [0.1, 0.15) is 67.7 Å². The molecule has 0 aromatic heterocycles. The lowest BCUT2D eigenvalue weighted by Crippen LogP contribution is -2.72. The first-order valence-electron chi connectivity index (χ1n) is 33.8. The topological polar surface area (TPSA) is 702 Å². The summed E-state index contributed by atoms with van der Waals surface area (Å²) in [6.07, 6.45) is -50.0. The number of rotatable bonds is 38. The van der Waals surface area contributed by atoms with Crippen molar-refractivity contribution in [3.8, 4) is 0 Å². The van der Waals surface area contributed by atoms with E-state index in [2.05, 4.69) is 21.3 Å². The minimum absolute atomic E-state index is 0.0453. The van der Waals surface area contributed by atoms with Crippen molar-refractivity contribution < 1.29 is 198 Å². The van der Waals surface area contributed by atoms with Gasteiger partial charge in [0.25, 0.3) is 0 Å². The van der Waals surface area contributed by atoms with Crippen molar-refractivity contribution in [2.24, 2.45) is 17.8 Å². The summed E-state index contributed by atoms with van der Waals surface area (Å²) in [5, 5.41) is 264. The SMILES string of the molecule is CO[C@@H](O[C@@H]1C(CO)OC(O[C@@H]2C(CO)OC(C)=C(NC(C)=O)C2O)=C(NC(C)=O)C1O)C(O)C1C(O[C@H]2OC(CO)[C@H](O)C(O)C2O[C@@H]2OC(CO)C(C)(O[C@H](O)/C(O)=C(/O)[C@@H](CO)CCO)C(O)C2NC(C)=O)[C@@]1(O)CCO[C@H]1OC(CO)C(C)(O)C(O)C1O[C@H](O)/C(NC(C)=O)=C(/O)CC(CO)CO. The van der Waals surface area contributed by atoms with Gasteiger partial charge in [-0.1, -0.05) is 0 Å². The maximum atomic E-state index is 13.0. The van der Waals surface area contributed by atoms with Crippen molar-refractivity contribution in [2.75, 3.05) is 73.2 Å². The number of allylic oxidation sites excluding steroid dienone is 2. The Morgan fingerprint density at radius 1 is 0.607 bits per heavy atom. The predicted molar refractivity (Wildman–Crippen MR) is 345 cm³/mol. The fourth-order valence-electron chi connectivity index (χ4n) is 13.0. The van der Waals surface area contributed by atoms with Crippen molar-refractivity contribution in [1.82, 2.24) is 21.3 Å². The molecule has 6 aliphatic rings. The second-order valence-electron chi connectivity index (χ2n) is 26.8. The van der Waals surface area contributed by atoms with E-state index >= 15 is 0 Å². The van der Waals surface area contributed by atoms with Gasteiger partial charge in [0, 0.05) is 79.3 Å². The zero-order valence-electron chi connectivity index (χ0n) is 59.5. The number of carbonyl (C=O) groups excluding carboxylic acids is 4. The standard InChI is InChI=1S/C63H104N4O40/c1-22-36(64-23(2)77)43(85)47(31(18-73)97-22)103-56-38(66-25(4)79)44(86)48(32(19-74)99-56)104-58(95-8)42(84)35-53(63(35,94)10-12-96-59-50(52(90)61(6,93)33(20-75)100-59)102-54(91)37(65-24(3)78)29(81)13-27(14-69)15-70)106-60-49(45(87)41(83)30(17-72)98-60)105-57-39(67-26(5)80)51(89)62(7,34(21-76)101-57)107-55(92)46(88)40(82)28(16-71)9-11-68/h27-28,30-35,39,41-45,47-55,57-60,68-76,81-94H,9-21H2,1-8H3,(H,64,77)(H,65,78)(H,66,79)(H,67,80)/b37-29-,46-40-/t28-,30?,31?,32?,33?,34?,35?,39?,41+,42?,43?,44?,45?,47-,48-,49?,50?,51?,52?,53?,54+,55+,57+,58+,59+,60-,61?,62?,63-/m1/s1. The van der Waals surface area contributed by atoms with Crippen LogP contribution >= 0.6 is 0 Å². The normalized spacial score (nSPS) is 37.2. The number of aliphatic hydroxyl groups is 23. The number of aliphatic hydroxyl groups excluding tert-OH is 21. The molecule has 44 heteroatoms. The Bertz CT molecular complexity index is 3070. The summed E-state index contributed by atoms with van der Waals surface area (Å²) in [7, 11) is 0.920. The molecule has 1 saturated carbocycles. The van der Waals surface area contributed by atoms with Crippen LogP contribution in [0.3, 0.4) is 0 Å². The van der Waals surface area contributed by atoms with Crippen molar-refractivity contribution in [3.63, 3.8) is 0 Å².